The SMILES string of the molecule is CC1(C)CCC(C)(C)c2cc(N3c4cc5c(cc4B4c6ccc7sc8ccccc8c7c6N(c6cccc7oc8ccccc8c67)c6cc(N7c8ccccc8C8(C)CCCCC78C)cc3c64)C(C)(C)CCC5(C)C)ccc21. The van der Waals surface area contributed by atoms with E-state index in [-0.39, 0.29) is 39.3 Å². The third-order valence-electron chi connectivity index (χ3n) is 21.5. The largest absolute Gasteiger partial charge is 0.456 e. The lowest BCUT2D eigenvalue weighted by Gasteiger charge is -2.51. The third-order valence-corrected chi connectivity index (χ3v) is 22.6. The summed E-state index contributed by atoms with van der Waals surface area (Å²) in [5, 5.41) is 4.93. The van der Waals surface area contributed by atoms with Crippen LogP contribution < -0.4 is 31.1 Å². The molecule has 0 bridgehead atoms. The van der Waals surface area contributed by atoms with Gasteiger partial charge in [-0.3, -0.25) is 0 Å². The van der Waals surface area contributed by atoms with Crippen molar-refractivity contribution in [3.05, 3.63) is 173 Å². The number of benzene rings is 8. The van der Waals surface area contributed by atoms with Crippen molar-refractivity contribution in [1.29, 1.82) is 0 Å². The molecule has 388 valence electrons. The minimum atomic E-state index is -0.155. The molecular formula is C72H70BN3OS. The lowest BCUT2D eigenvalue weighted by atomic mass is 9.33. The van der Waals surface area contributed by atoms with E-state index in [9.17, 15) is 0 Å². The molecule has 8 aromatic carbocycles. The van der Waals surface area contributed by atoms with E-state index in [1.165, 1.54) is 130 Å². The zero-order valence-electron chi connectivity index (χ0n) is 47.2. The van der Waals surface area contributed by atoms with Gasteiger partial charge in [-0.1, -0.05) is 154 Å². The molecule has 0 saturated heterocycles. The van der Waals surface area contributed by atoms with Crippen LogP contribution in [0, 0.1) is 0 Å². The predicted molar refractivity (Wildman–Crippen MR) is 334 cm³/mol. The van der Waals surface area contributed by atoms with Crippen LogP contribution in [0.15, 0.2) is 150 Å². The Bertz CT molecular complexity index is 4270. The highest BCUT2D eigenvalue weighted by Gasteiger charge is 2.58. The molecule has 1 fully saturated rings. The van der Waals surface area contributed by atoms with Crippen LogP contribution in [0.5, 0.6) is 0 Å². The minimum Gasteiger partial charge on any atom is -0.456 e. The van der Waals surface area contributed by atoms with E-state index in [1.807, 2.05) is 11.3 Å². The molecule has 2 atom stereocenters. The van der Waals surface area contributed by atoms with Gasteiger partial charge in [0.15, 0.2) is 0 Å². The molecule has 4 nitrogen and oxygen atoms in total. The van der Waals surface area contributed by atoms with E-state index in [2.05, 4.69) is 230 Å². The summed E-state index contributed by atoms with van der Waals surface area (Å²) in [6.07, 6.45) is 9.42. The zero-order chi connectivity index (χ0) is 53.2. The van der Waals surface area contributed by atoms with Crippen molar-refractivity contribution in [2.24, 2.45) is 0 Å². The van der Waals surface area contributed by atoms with Crippen molar-refractivity contribution in [1.82, 2.24) is 0 Å². The second-order valence-corrected chi connectivity index (χ2v) is 28.7. The van der Waals surface area contributed by atoms with Crippen LogP contribution in [-0.2, 0) is 27.1 Å². The number of hydrogen-bond donors (Lipinski definition) is 0. The van der Waals surface area contributed by atoms with Gasteiger partial charge in [0.05, 0.1) is 22.3 Å². The topological polar surface area (TPSA) is 22.9 Å². The summed E-state index contributed by atoms with van der Waals surface area (Å²) in [4.78, 5) is 8.33. The Balaban J connectivity index is 1.10. The minimum absolute atomic E-state index is 0.00900. The van der Waals surface area contributed by atoms with Crippen molar-refractivity contribution in [3.63, 3.8) is 0 Å². The molecule has 0 spiro atoms. The zero-order valence-corrected chi connectivity index (χ0v) is 48.1. The first kappa shape index (κ1) is 47.3. The van der Waals surface area contributed by atoms with Gasteiger partial charge in [-0.15, -0.1) is 11.3 Å². The van der Waals surface area contributed by atoms with Crippen molar-refractivity contribution in [2.75, 3.05) is 14.7 Å². The van der Waals surface area contributed by atoms with Crippen molar-refractivity contribution < 1.29 is 4.42 Å². The summed E-state index contributed by atoms with van der Waals surface area (Å²) in [7, 11) is 0. The number of rotatable bonds is 3. The van der Waals surface area contributed by atoms with E-state index in [0.717, 1.165) is 53.3 Å². The molecule has 5 heterocycles. The summed E-state index contributed by atoms with van der Waals surface area (Å²) < 4.78 is 9.48. The van der Waals surface area contributed by atoms with Crippen LogP contribution in [0.2, 0.25) is 0 Å². The Labute approximate surface area is 465 Å². The van der Waals surface area contributed by atoms with Gasteiger partial charge in [0.25, 0.3) is 6.71 Å². The first-order valence-electron chi connectivity index (χ1n) is 29.3. The van der Waals surface area contributed by atoms with E-state index < -0.39 is 0 Å². The third kappa shape index (κ3) is 6.08. The quantitative estimate of drug-likeness (QED) is 0.165. The van der Waals surface area contributed by atoms with E-state index in [1.54, 1.807) is 0 Å². The molecule has 3 aliphatic heterocycles. The molecular weight excluding hydrogens is 966 g/mol. The lowest BCUT2D eigenvalue weighted by Crippen LogP contribution is -2.62. The first-order chi connectivity index (χ1) is 37.4. The van der Waals surface area contributed by atoms with E-state index in [0.29, 0.717) is 0 Å². The van der Waals surface area contributed by atoms with Crippen molar-refractivity contribution in [2.45, 2.75) is 153 Å². The van der Waals surface area contributed by atoms with Crippen LogP contribution in [0.1, 0.15) is 148 Å². The molecule has 78 heavy (non-hydrogen) atoms. The molecule has 3 aliphatic carbocycles. The number of nitrogens with zero attached hydrogens (tertiary/aromatic N) is 3. The van der Waals surface area contributed by atoms with Crippen LogP contribution >= 0.6 is 11.3 Å². The number of thiophene rings is 1. The Hall–Kier alpha value is -6.76. The highest BCUT2D eigenvalue weighted by atomic mass is 32.1. The Kier molecular flexibility index (Phi) is 9.41. The van der Waals surface area contributed by atoms with Crippen LogP contribution in [0.25, 0.3) is 42.1 Å². The van der Waals surface area contributed by atoms with Gasteiger partial charge in [-0.2, -0.15) is 0 Å². The number of para-hydroxylation sites is 2. The molecule has 0 radical (unpaired) electrons. The van der Waals surface area contributed by atoms with Gasteiger partial charge in [0.2, 0.25) is 0 Å². The van der Waals surface area contributed by atoms with Crippen LogP contribution in [-0.4, -0.2) is 12.3 Å². The summed E-state index contributed by atoms with van der Waals surface area (Å²) >= 11 is 1.92. The fourth-order valence-electron chi connectivity index (χ4n) is 16.8. The molecule has 1 saturated carbocycles. The highest BCUT2D eigenvalue weighted by molar-refractivity contribution is 7.26. The summed E-state index contributed by atoms with van der Waals surface area (Å²) in [6, 6.07) is 57.5. The van der Waals surface area contributed by atoms with Gasteiger partial charge >= 0.3 is 0 Å². The number of furan rings is 1. The standard InChI is InChI=1S/C72H70BN3OS/c1-67(2)34-35-68(3,4)49-38-43(28-29-47(49)67)74-56-42-51-50(69(5,6)36-37-70(51,7)8)41-53(56)73-52-30-31-62-64(46-21-12-16-27-61(46)78-62)66(52)75(55-24-19-26-60-63(55)45-20-11-15-25-59(45)77-60)58-40-44(39-57(74)65(58)73)76-54-23-14-13-22-48(54)71(9)32-17-18-33-72(71,76)10/h11-16,19-31,38-42H,17-18,32-37H2,1-10H3. The average Bonchev–Trinajstić information content (AvgIpc) is 3.22. The number of anilines is 8. The smallest absolute Gasteiger partial charge is 0.252 e. The highest BCUT2D eigenvalue weighted by Crippen LogP contribution is 2.63. The van der Waals surface area contributed by atoms with Gasteiger partial charge in [0, 0.05) is 65.1 Å². The monoisotopic (exact) mass is 1040 g/mol. The lowest BCUT2D eigenvalue weighted by molar-refractivity contribution is 0.195. The Morgan fingerprint density at radius 2 is 1.05 bits per heavy atom. The normalized spacial score (nSPS) is 22.7. The van der Waals surface area contributed by atoms with Gasteiger partial charge < -0.3 is 19.1 Å². The van der Waals surface area contributed by atoms with Crippen molar-refractivity contribution >= 4 is 122 Å². The average molecular weight is 1040 g/mol. The van der Waals surface area contributed by atoms with Gasteiger partial charge in [-0.05, 0) is 178 Å². The maximum atomic E-state index is 6.85. The van der Waals surface area contributed by atoms with E-state index >= 15 is 0 Å². The molecule has 0 N–H and O–H groups in total. The Morgan fingerprint density at radius 1 is 0.423 bits per heavy atom. The maximum absolute atomic E-state index is 6.85. The molecule has 2 aromatic heterocycles. The van der Waals surface area contributed by atoms with E-state index in [4.69, 9.17) is 4.42 Å². The molecule has 6 aliphatic rings. The predicted octanol–water partition coefficient (Wildman–Crippen LogP) is 18.5. The summed E-state index contributed by atoms with van der Waals surface area (Å²) in [5.41, 5.74) is 23.5. The summed E-state index contributed by atoms with van der Waals surface area (Å²) in [6.45, 7) is 25.1. The molecule has 6 heteroatoms. The fourth-order valence-corrected chi connectivity index (χ4v) is 17.9. The maximum Gasteiger partial charge on any atom is 0.252 e. The van der Waals surface area contributed by atoms with Gasteiger partial charge in [0.1, 0.15) is 11.2 Å². The van der Waals surface area contributed by atoms with Gasteiger partial charge in [-0.25, -0.2) is 0 Å². The second-order valence-electron chi connectivity index (χ2n) is 27.6. The summed E-state index contributed by atoms with van der Waals surface area (Å²) in [5.74, 6) is 0. The second kappa shape index (κ2) is 15.5. The molecule has 10 aromatic rings. The molecule has 2 unspecified atom stereocenters. The molecule has 16 rings (SSSR count). The van der Waals surface area contributed by atoms with Crippen molar-refractivity contribution in [3.8, 4) is 0 Å². The molecule has 0 amide bonds. The van der Waals surface area contributed by atoms with Crippen LogP contribution in [0.4, 0.5) is 45.5 Å². The first-order valence-corrected chi connectivity index (χ1v) is 30.1. The number of hydrogen-bond acceptors (Lipinski definition) is 5. The number of fused-ring (bicyclic) bond motifs is 16. The fraction of sp³-hybridized carbons (Fsp3) is 0.333. The Morgan fingerprint density at radius 3 is 1.83 bits per heavy atom. The van der Waals surface area contributed by atoms with Crippen LogP contribution in [0.3, 0.4) is 0 Å².